The lowest BCUT2D eigenvalue weighted by Crippen LogP contribution is -2.13. The molecule has 0 saturated carbocycles. The van der Waals surface area contributed by atoms with E-state index in [1.54, 1.807) is 6.20 Å². The van der Waals surface area contributed by atoms with Crippen molar-refractivity contribution in [2.24, 2.45) is 0 Å². The Morgan fingerprint density at radius 1 is 1.17 bits per heavy atom. The fourth-order valence-corrected chi connectivity index (χ4v) is 1.97. The van der Waals surface area contributed by atoms with Gasteiger partial charge in [-0.05, 0) is 44.0 Å². The molecule has 1 aromatic heterocycles. The van der Waals surface area contributed by atoms with E-state index in [-0.39, 0.29) is 15.9 Å². The Labute approximate surface area is 118 Å². The van der Waals surface area contributed by atoms with Gasteiger partial charge in [0.25, 0.3) is 5.91 Å². The number of H-pyrrole nitrogens is 1. The summed E-state index contributed by atoms with van der Waals surface area (Å²) < 4.78 is 27.4. The average Bonchev–Trinajstić information content (AvgIpc) is 2.73. The number of anilines is 1. The molecule has 2 N–H and O–H groups in total. The Hall–Kier alpha value is -1.21. The van der Waals surface area contributed by atoms with Crippen LogP contribution in [0.15, 0.2) is 33.3 Å². The maximum absolute atomic E-state index is 13.5. The smallest absolute Gasteiger partial charge is 0.272 e. The summed E-state index contributed by atoms with van der Waals surface area (Å²) in [5, 5.41) is 2.28. The summed E-state index contributed by atoms with van der Waals surface area (Å²) in [4.78, 5) is 14.4. The van der Waals surface area contributed by atoms with Crippen molar-refractivity contribution in [3.05, 3.63) is 50.7 Å². The number of rotatable bonds is 2. The topological polar surface area (TPSA) is 44.9 Å². The first kappa shape index (κ1) is 13.2. The Morgan fingerprint density at radius 2 is 1.89 bits per heavy atom. The first-order valence-electron chi connectivity index (χ1n) is 4.77. The summed E-state index contributed by atoms with van der Waals surface area (Å²) in [6.07, 6.45) is 1.56. The Bertz CT molecular complexity index is 613. The number of aromatic amines is 1. The molecule has 0 fully saturated rings. The molecule has 3 nitrogen and oxygen atoms in total. The van der Waals surface area contributed by atoms with E-state index >= 15 is 0 Å². The lowest BCUT2D eigenvalue weighted by Gasteiger charge is -2.06. The van der Waals surface area contributed by atoms with Crippen molar-refractivity contribution < 1.29 is 13.6 Å². The minimum Gasteiger partial charge on any atom is -0.356 e. The monoisotopic (exact) mass is 378 g/mol. The lowest BCUT2D eigenvalue weighted by atomic mass is 10.3. The molecule has 1 amide bonds. The lowest BCUT2D eigenvalue weighted by molar-refractivity contribution is 0.102. The van der Waals surface area contributed by atoms with E-state index in [0.717, 1.165) is 12.1 Å². The molecule has 0 bridgehead atoms. The summed E-state index contributed by atoms with van der Waals surface area (Å²) in [5.74, 6) is -1.93. The van der Waals surface area contributed by atoms with Crippen LogP contribution in [-0.4, -0.2) is 10.9 Å². The number of nitrogens with one attached hydrogen (secondary N) is 2. The summed E-state index contributed by atoms with van der Waals surface area (Å²) in [6.45, 7) is 0. The molecule has 0 atom stereocenters. The van der Waals surface area contributed by atoms with Crippen molar-refractivity contribution in [2.45, 2.75) is 0 Å². The number of aromatic nitrogens is 1. The fraction of sp³-hybridized carbons (Fsp3) is 0. The molecule has 0 saturated heterocycles. The number of hydrogen-bond acceptors (Lipinski definition) is 1. The van der Waals surface area contributed by atoms with E-state index in [4.69, 9.17) is 0 Å². The van der Waals surface area contributed by atoms with E-state index in [2.05, 4.69) is 42.2 Å². The highest BCUT2D eigenvalue weighted by Crippen LogP contribution is 2.23. The first-order chi connectivity index (χ1) is 8.47. The molecule has 94 valence electrons. The zero-order valence-electron chi connectivity index (χ0n) is 8.73. The second kappa shape index (κ2) is 5.19. The fourth-order valence-electron chi connectivity index (χ4n) is 1.31. The van der Waals surface area contributed by atoms with E-state index in [1.807, 2.05) is 0 Å². The number of benzene rings is 1. The largest absolute Gasteiger partial charge is 0.356 e. The van der Waals surface area contributed by atoms with Gasteiger partial charge in [0.15, 0.2) is 0 Å². The highest BCUT2D eigenvalue weighted by atomic mass is 79.9. The maximum atomic E-state index is 13.5. The van der Waals surface area contributed by atoms with Crippen LogP contribution in [0, 0.1) is 11.6 Å². The quantitative estimate of drug-likeness (QED) is 0.759. The van der Waals surface area contributed by atoms with E-state index in [9.17, 15) is 13.6 Å². The van der Waals surface area contributed by atoms with Gasteiger partial charge in [-0.25, -0.2) is 8.78 Å². The molecule has 0 spiro atoms. The highest BCUT2D eigenvalue weighted by Gasteiger charge is 2.13. The van der Waals surface area contributed by atoms with Gasteiger partial charge >= 0.3 is 0 Å². The standard InChI is InChI=1S/C11H6Br2F2N2O/c12-5-1-10(16-4-5)11(18)17-9-3-7(14)6(13)2-8(9)15/h1-4,16H,(H,17,18). The van der Waals surface area contributed by atoms with Crippen molar-refractivity contribution in [1.29, 1.82) is 0 Å². The van der Waals surface area contributed by atoms with Gasteiger partial charge in [0.1, 0.15) is 17.3 Å². The zero-order valence-corrected chi connectivity index (χ0v) is 11.9. The van der Waals surface area contributed by atoms with E-state index in [1.165, 1.54) is 6.07 Å². The third kappa shape index (κ3) is 2.78. The molecule has 1 heterocycles. The second-order valence-electron chi connectivity index (χ2n) is 3.43. The molecular formula is C11H6Br2F2N2O. The van der Waals surface area contributed by atoms with Gasteiger partial charge < -0.3 is 10.3 Å². The minimum absolute atomic E-state index is 0.000571. The van der Waals surface area contributed by atoms with Crippen LogP contribution in [-0.2, 0) is 0 Å². The molecule has 2 rings (SSSR count). The predicted octanol–water partition coefficient (Wildman–Crippen LogP) is 4.07. The number of carbonyl (C=O) groups is 1. The molecule has 0 radical (unpaired) electrons. The van der Waals surface area contributed by atoms with Crippen LogP contribution in [0.4, 0.5) is 14.5 Å². The predicted molar refractivity (Wildman–Crippen MR) is 70.5 cm³/mol. The molecule has 0 aliphatic heterocycles. The average molecular weight is 380 g/mol. The molecule has 2 aromatic rings. The SMILES string of the molecule is O=C(Nc1cc(F)c(Br)cc1F)c1cc(Br)c[nH]1. The van der Waals surface area contributed by atoms with Gasteiger partial charge in [-0.15, -0.1) is 0 Å². The van der Waals surface area contributed by atoms with Crippen LogP contribution >= 0.6 is 31.9 Å². The van der Waals surface area contributed by atoms with Gasteiger partial charge in [-0.1, -0.05) is 0 Å². The van der Waals surface area contributed by atoms with Gasteiger partial charge in [-0.3, -0.25) is 4.79 Å². The number of carbonyl (C=O) groups excluding carboxylic acids is 1. The van der Waals surface area contributed by atoms with Crippen LogP contribution in [0.5, 0.6) is 0 Å². The van der Waals surface area contributed by atoms with Gasteiger partial charge in [-0.2, -0.15) is 0 Å². The molecule has 1 aromatic carbocycles. The van der Waals surface area contributed by atoms with Gasteiger partial charge in [0.05, 0.1) is 10.2 Å². The van der Waals surface area contributed by atoms with Crippen LogP contribution in [0.3, 0.4) is 0 Å². The Morgan fingerprint density at radius 3 is 2.50 bits per heavy atom. The number of halogens is 4. The van der Waals surface area contributed by atoms with E-state index in [0.29, 0.717) is 4.47 Å². The number of amides is 1. The number of hydrogen-bond donors (Lipinski definition) is 2. The summed E-state index contributed by atoms with van der Waals surface area (Å²) in [5.41, 5.74) is 0.0241. The van der Waals surface area contributed by atoms with E-state index < -0.39 is 17.5 Å². The molecule has 18 heavy (non-hydrogen) atoms. The molecule has 0 aliphatic carbocycles. The third-order valence-corrected chi connectivity index (χ3v) is 3.22. The van der Waals surface area contributed by atoms with Crippen molar-refractivity contribution in [2.75, 3.05) is 5.32 Å². The molecule has 0 unspecified atom stereocenters. The summed E-state index contributed by atoms with van der Waals surface area (Å²) in [7, 11) is 0. The first-order valence-corrected chi connectivity index (χ1v) is 6.36. The van der Waals surface area contributed by atoms with Crippen LogP contribution in [0.1, 0.15) is 10.5 Å². The Kier molecular flexibility index (Phi) is 3.82. The minimum atomic E-state index is -0.720. The molecular weight excluding hydrogens is 374 g/mol. The third-order valence-electron chi connectivity index (χ3n) is 2.15. The second-order valence-corrected chi connectivity index (χ2v) is 5.20. The van der Waals surface area contributed by atoms with Crippen LogP contribution < -0.4 is 5.32 Å². The molecule has 7 heteroatoms. The zero-order chi connectivity index (χ0) is 13.3. The summed E-state index contributed by atoms with van der Waals surface area (Å²) in [6, 6.07) is 3.40. The van der Waals surface area contributed by atoms with Gasteiger partial charge in [0.2, 0.25) is 0 Å². The summed E-state index contributed by atoms with van der Waals surface area (Å²) >= 11 is 6.02. The van der Waals surface area contributed by atoms with Crippen molar-refractivity contribution in [3.8, 4) is 0 Å². The Balaban J connectivity index is 2.24. The van der Waals surface area contributed by atoms with Gasteiger partial charge in [0, 0.05) is 16.7 Å². The van der Waals surface area contributed by atoms with Crippen molar-refractivity contribution >= 4 is 43.5 Å². The van der Waals surface area contributed by atoms with Crippen molar-refractivity contribution in [3.63, 3.8) is 0 Å². The highest BCUT2D eigenvalue weighted by molar-refractivity contribution is 9.10. The van der Waals surface area contributed by atoms with Crippen molar-refractivity contribution in [1.82, 2.24) is 4.98 Å². The molecule has 0 aliphatic rings. The normalized spacial score (nSPS) is 10.4. The van der Waals surface area contributed by atoms with Crippen LogP contribution in [0.25, 0.3) is 0 Å². The maximum Gasteiger partial charge on any atom is 0.272 e. The van der Waals surface area contributed by atoms with Crippen LogP contribution in [0.2, 0.25) is 0 Å².